The minimum atomic E-state index is 0.0393. The molecule has 4 heteroatoms. The van der Waals surface area contributed by atoms with Crippen LogP contribution in [0.2, 0.25) is 0 Å². The molecule has 116 valence electrons. The van der Waals surface area contributed by atoms with E-state index in [0.29, 0.717) is 6.54 Å². The van der Waals surface area contributed by atoms with Crippen LogP contribution in [0.25, 0.3) is 0 Å². The largest absolute Gasteiger partial charge is 0.322 e. The van der Waals surface area contributed by atoms with E-state index in [0.717, 1.165) is 25.9 Å². The van der Waals surface area contributed by atoms with Crippen LogP contribution in [0.15, 0.2) is 18.2 Å². The lowest BCUT2D eigenvalue weighted by molar-refractivity contribution is -0.128. The van der Waals surface area contributed by atoms with Gasteiger partial charge in [0, 0.05) is 6.54 Å². The first-order valence-electron chi connectivity index (χ1n) is 7.74. The Morgan fingerprint density at radius 1 is 1.29 bits per heavy atom. The molecule has 0 spiro atoms. The Morgan fingerprint density at radius 2 is 2.05 bits per heavy atom. The number of carbonyl (C=O) groups excluding carboxylic acids is 1. The number of hydrogen-bond donors (Lipinski definition) is 1. The van der Waals surface area contributed by atoms with Gasteiger partial charge >= 0.3 is 0 Å². The van der Waals surface area contributed by atoms with Crippen LogP contribution in [0.3, 0.4) is 0 Å². The Hall–Kier alpha value is -1.39. The zero-order chi connectivity index (χ0) is 15.4. The fourth-order valence-electron chi connectivity index (χ4n) is 2.91. The molecule has 0 saturated carbocycles. The number of benzene rings is 1. The van der Waals surface area contributed by atoms with Crippen molar-refractivity contribution in [2.24, 2.45) is 0 Å². The molecule has 0 aliphatic carbocycles. The van der Waals surface area contributed by atoms with Crippen LogP contribution in [-0.2, 0) is 4.79 Å². The molecule has 1 aliphatic heterocycles. The molecule has 2 rings (SSSR count). The zero-order valence-electron chi connectivity index (χ0n) is 13.6. The SMILES string of the molecule is Cc1ccc(C2NCC(=O)N2CCCCN(C)C)c(C)c1. The van der Waals surface area contributed by atoms with Crippen molar-refractivity contribution in [1.29, 1.82) is 0 Å². The minimum absolute atomic E-state index is 0.0393. The van der Waals surface area contributed by atoms with E-state index in [1.807, 2.05) is 4.90 Å². The van der Waals surface area contributed by atoms with Gasteiger partial charge in [-0.2, -0.15) is 0 Å². The fourth-order valence-corrected chi connectivity index (χ4v) is 2.91. The summed E-state index contributed by atoms with van der Waals surface area (Å²) in [5.74, 6) is 0.213. The first-order valence-corrected chi connectivity index (χ1v) is 7.74. The number of nitrogens with one attached hydrogen (secondary N) is 1. The van der Waals surface area contributed by atoms with E-state index in [2.05, 4.69) is 56.4 Å². The first-order chi connectivity index (χ1) is 9.99. The Labute approximate surface area is 128 Å². The van der Waals surface area contributed by atoms with Crippen molar-refractivity contribution in [2.75, 3.05) is 33.7 Å². The van der Waals surface area contributed by atoms with Gasteiger partial charge in [-0.1, -0.05) is 23.8 Å². The molecule has 1 saturated heterocycles. The number of carbonyl (C=O) groups is 1. The Kier molecular flexibility index (Phi) is 5.37. The molecule has 1 amide bonds. The third-order valence-electron chi connectivity index (χ3n) is 4.05. The molecule has 1 fully saturated rings. The lowest BCUT2D eigenvalue weighted by Gasteiger charge is -2.26. The quantitative estimate of drug-likeness (QED) is 0.814. The topological polar surface area (TPSA) is 35.6 Å². The number of nitrogens with zero attached hydrogens (tertiary/aromatic N) is 2. The Balaban J connectivity index is 2.02. The molecule has 4 nitrogen and oxygen atoms in total. The van der Waals surface area contributed by atoms with Gasteiger partial charge in [0.15, 0.2) is 0 Å². The molecule has 1 aromatic rings. The molecule has 1 unspecified atom stereocenters. The summed E-state index contributed by atoms with van der Waals surface area (Å²) in [6.45, 7) is 6.58. The summed E-state index contributed by atoms with van der Waals surface area (Å²) in [7, 11) is 4.17. The van der Waals surface area contributed by atoms with Gasteiger partial charge in [0.05, 0.1) is 6.54 Å². The average Bonchev–Trinajstić information content (AvgIpc) is 2.76. The maximum Gasteiger partial charge on any atom is 0.238 e. The van der Waals surface area contributed by atoms with Gasteiger partial charge in [-0.15, -0.1) is 0 Å². The molecule has 21 heavy (non-hydrogen) atoms. The standard InChI is InChI=1S/C17H27N3O/c1-13-7-8-15(14(2)11-13)17-18-12-16(21)20(17)10-6-5-9-19(3)4/h7-8,11,17-18H,5-6,9-10,12H2,1-4H3. The lowest BCUT2D eigenvalue weighted by atomic mass is 10.0. The van der Waals surface area contributed by atoms with Crippen LogP contribution >= 0.6 is 0 Å². The van der Waals surface area contributed by atoms with Crippen molar-refractivity contribution in [2.45, 2.75) is 32.9 Å². The molecule has 0 aromatic heterocycles. The van der Waals surface area contributed by atoms with Crippen molar-refractivity contribution in [3.05, 3.63) is 34.9 Å². The molecule has 1 aromatic carbocycles. The van der Waals surface area contributed by atoms with Gasteiger partial charge < -0.3 is 9.80 Å². The van der Waals surface area contributed by atoms with E-state index in [1.165, 1.54) is 16.7 Å². The normalized spacial score (nSPS) is 18.8. The van der Waals surface area contributed by atoms with Gasteiger partial charge in [0.25, 0.3) is 0 Å². The van der Waals surface area contributed by atoms with Crippen LogP contribution in [0.1, 0.15) is 35.7 Å². The summed E-state index contributed by atoms with van der Waals surface area (Å²) in [5.41, 5.74) is 3.73. The highest BCUT2D eigenvalue weighted by Crippen LogP contribution is 2.26. The van der Waals surface area contributed by atoms with Crippen molar-refractivity contribution < 1.29 is 4.79 Å². The molecule has 0 bridgehead atoms. The highest BCUT2D eigenvalue weighted by atomic mass is 16.2. The maximum absolute atomic E-state index is 12.1. The minimum Gasteiger partial charge on any atom is -0.322 e. The second-order valence-corrected chi connectivity index (χ2v) is 6.24. The molecule has 1 aliphatic rings. The highest BCUT2D eigenvalue weighted by molar-refractivity contribution is 5.81. The van der Waals surface area contributed by atoms with E-state index >= 15 is 0 Å². The Morgan fingerprint density at radius 3 is 2.71 bits per heavy atom. The number of rotatable bonds is 6. The van der Waals surface area contributed by atoms with Crippen LogP contribution in [0.4, 0.5) is 0 Å². The lowest BCUT2D eigenvalue weighted by Crippen LogP contribution is -2.32. The number of unbranched alkanes of at least 4 members (excludes halogenated alkanes) is 1. The average molecular weight is 289 g/mol. The van der Waals surface area contributed by atoms with E-state index in [9.17, 15) is 4.79 Å². The van der Waals surface area contributed by atoms with Crippen molar-refractivity contribution in [1.82, 2.24) is 15.1 Å². The predicted octanol–water partition coefficient (Wildman–Crippen LogP) is 2.08. The van der Waals surface area contributed by atoms with Crippen molar-refractivity contribution in [3.63, 3.8) is 0 Å². The zero-order valence-corrected chi connectivity index (χ0v) is 13.6. The summed E-state index contributed by atoms with van der Waals surface area (Å²) in [5, 5.41) is 3.35. The van der Waals surface area contributed by atoms with Gasteiger partial charge in [-0.25, -0.2) is 0 Å². The maximum atomic E-state index is 12.1. The van der Waals surface area contributed by atoms with E-state index in [4.69, 9.17) is 0 Å². The number of hydrogen-bond acceptors (Lipinski definition) is 3. The van der Waals surface area contributed by atoms with Gasteiger partial charge in [-0.3, -0.25) is 10.1 Å². The molecule has 0 radical (unpaired) electrons. The van der Waals surface area contributed by atoms with E-state index in [-0.39, 0.29) is 12.1 Å². The first kappa shape index (κ1) is 16.0. The predicted molar refractivity (Wildman–Crippen MR) is 86.2 cm³/mol. The summed E-state index contributed by atoms with van der Waals surface area (Å²) in [6, 6.07) is 6.45. The smallest absolute Gasteiger partial charge is 0.238 e. The molecular weight excluding hydrogens is 262 g/mol. The summed E-state index contributed by atoms with van der Waals surface area (Å²) < 4.78 is 0. The van der Waals surface area contributed by atoms with Crippen molar-refractivity contribution in [3.8, 4) is 0 Å². The second kappa shape index (κ2) is 7.05. The summed E-state index contributed by atoms with van der Waals surface area (Å²) in [4.78, 5) is 16.3. The van der Waals surface area contributed by atoms with Gasteiger partial charge in [-0.05, 0) is 58.5 Å². The monoisotopic (exact) mass is 289 g/mol. The van der Waals surface area contributed by atoms with E-state index < -0.39 is 0 Å². The summed E-state index contributed by atoms with van der Waals surface area (Å²) >= 11 is 0. The number of amides is 1. The van der Waals surface area contributed by atoms with E-state index in [1.54, 1.807) is 0 Å². The van der Waals surface area contributed by atoms with Gasteiger partial charge in [0.2, 0.25) is 5.91 Å². The van der Waals surface area contributed by atoms with Gasteiger partial charge in [0.1, 0.15) is 6.17 Å². The van der Waals surface area contributed by atoms with Crippen LogP contribution < -0.4 is 5.32 Å². The number of aryl methyl sites for hydroxylation is 2. The molecule has 1 N–H and O–H groups in total. The second-order valence-electron chi connectivity index (χ2n) is 6.24. The summed E-state index contributed by atoms with van der Waals surface area (Å²) in [6.07, 6.45) is 2.21. The van der Waals surface area contributed by atoms with Crippen LogP contribution in [-0.4, -0.2) is 49.4 Å². The van der Waals surface area contributed by atoms with Crippen LogP contribution in [0, 0.1) is 13.8 Å². The highest BCUT2D eigenvalue weighted by Gasteiger charge is 2.31. The molecule has 1 heterocycles. The molecular formula is C17H27N3O. The third kappa shape index (κ3) is 4.05. The van der Waals surface area contributed by atoms with Crippen molar-refractivity contribution >= 4 is 5.91 Å². The molecule has 1 atom stereocenters. The third-order valence-corrected chi connectivity index (χ3v) is 4.05. The fraction of sp³-hybridized carbons (Fsp3) is 0.588. The van der Waals surface area contributed by atoms with Crippen LogP contribution in [0.5, 0.6) is 0 Å². The Bertz CT molecular complexity index is 499.